The number of nitrogens with zero attached hydrogens (tertiary/aromatic N) is 4. The molecule has 40 heavy (non-hydrogen) atoms. The quantitative estimate of drug-likeness (QED) is 0.277. The summed E-state index contributed by atoms with van der Waals surface area (Å²) in [6.45, 7) is 3.48. The third-order valence-electron chi connectivity index (χ3n) is 7.27. The summed E-state index contributed by atoms with van der Waals surface area (Å²) < 4.78 is 78.8. The average molecular weight is 574 g/mol. The average Bonchev–Trinajstić information content (AvgIpc) is 2.91. The number of benzene rings is 2. The van der Waals surface area contributed by atoms with Gasteiger partial charge in [-0.25, -0.2) is 0 Å². The minimum Gasteiger partial charge on any atom is -0.382 e. The number of hydrogen-bond acceptors (Lipinski definition) is 6. The number of nitrogens with one attached hydrogen (secondary N) is 1. The van der Waals surface area contributed by atoms with Crippen LogP contribution < -0.4 is 10.2 Å². The lowest BCUT2D eigenvalue weighted by atomic mass is 10.0. The van der Waals surface area contributed by atoms with Gasteiger partial charge in [-0.3, -0.25) is 14.9 Å². The van der Waals surface area contributed by atoms with Crippen molar-refractivity contribution in [2.75, 3.05) is 56.0 Å². The van der Waals surface area contributed by atoms with Crippen LogP contribution in [-0.4, -0.2) is 72.5 Å². The summed E-state index contributed by atoms with van der Waals surface area (Å²) in [5.41, 5.74) is -2.36. The third-order valence-corrected chi connectivity index (χ3v) is 7.27. The maximum atomic E-state index is 13.2. The van der Waals surface area contributed by atoms with Crippen LogP contribution in [-0.2, 0) is 17.1 Å². The standard InChI is InChI=1S/C26H29F6N5O3/c27-25(28,29)18-2-1-3-21(16-18)35-12-14-36(15-13-35)24(38)8-11-34-9-6-19(7-10-34)33-20-4-5-23(37(39)40)22(17-20)26(30,31)32/h1-5,16-17,19,33H,6-15H2. The molecule has 0 atom stereocenters. The number of piperidine rings is 1. The van der Waals surface area contributed by atoms with Crippen molar-refractivity contribution in [3.05, 3.63) is 63.7 Å². The molecule has 2 saturated heterocycles. The van der Waals surface area contributed by atoms with E-state index in [2.05, 4.69) is 10.2 Å². The lowest BCUT2D eigenvalue weighted by molar-refractivity contribution is -0.388. The number of halogens is 6. The van der Waals surface area contributed by atoms with Gasteiger partial charge in [0.2, 0.25) is 5.91 Å². The van der Waals surface area contributed by atoms with Gasteiger partial charge in [-0.05, 0) is 43.2 Å². The molecule has 0 unspecified atom stereocenters. The number of amides is 1. The Kier molecular flexibility index (Phi) is 8.76. The van der Waals surface area contributed by atoms with Gasteiger partial charge in [0.1, 0.15) is 5.56 Å². The van der Waals surface area contributed by atoms with Crippen LogP contribution in [0.15, 0.2) is 42.5 Å². The second kappa shape index (κ2) is 11.9. The predicted octanol–water partition coefficient (Wildman–Crippen LogP) is 5.25. The Morgan fingerprint density at radius 3 is 2.20 bits per heavy atom. The SMILES string of the molecule is O=C(CCN1CCC(Nc2ccc([N+](=O)[O-])c(C(F)(F)F)c2)CC1)N1CCN(c2cccc(C(F)(F)F)c2)CC1. The number of anilines is 2. The Balaban J connectivity index is 1.20. The molecule has 218 valence electrons. The molecule has 8 nitrogen and oxygen atoms in total. The van der Waals surface area contributed by atoms with Crippen LogP contribution in [0.5, 0.6) is 0 Å². The van der Waals surface area contributed by atoms with E-state index in [0.29, 0.717) is 70.8 Å². The van der Waals surface area contributed by atoms with Gasteiger partial charge in [-0.2, -0.15) is 26.3 Å². The van der Waals surface area contributed by atoms with E-state index in [1.807, 2.05) is 4.90 Å². The van der Waals surface area contributed by atoms with Crippen LogP contribution in [0.4, 0.5) is 43.4 Å². The molecular formula is C26H29F6N5O3. The maximum absolute atomic E-state index is 13.2. The summed E-state index contributed by atoms with van der Waals surface area (Å²) in [6.07, 6.45) is -7.72. The largest absolute Gasteiger partial charge is 0.423 e. The number of nitro groups is 1. The number of carbonyl (C=O) groups excluding carboxylic acids is 1. The van der Waals surface area contributed by atoms with Crippen LogP contribution in [0.2, 0.25) is 0 Å². The Labute approximate surface area is 226 Å². The fraction of sp³-hybridized carbons (Fsp3) is 0.500. The lowest BCUT2D eigenvalue weighted by Crippen LogP contribution is -2.49. The first-order valence-electron chi connectivity index (χ1n) is 12.9. The molecular weight excluding hydrogens is 544 g/mol. The zero-order chi connectivity index (χ0) is 29.1. The van der Waals surface area contributed by atoms with Crippen molar-refractivity contribution < 1.29 is 36.1 Å². The van der Waals surface area contributed by atoms with Crippen molar-refractivity contribution in [3.63, 3.8) is 0 Å². The second-order valence-electron chi connectivity index (χ2n) is 9.91. The Bertz CT molecular complexity index is 1210. The molecule has 0 saturated carbocycles. The molecule has 1 amide bonds. The molecule has 2 aromatic rings. The Morgan fingerprint density at radius 1 is 0.925 bits per heavy atom. The lowest BCUT2D eigenvalue weighted by Gasteiger charge is -2.37. The van der Waals surface area contributed by atoms with E-state index in [1.165, 1.54) is 12.1 Å². The molecule has 14 heteroatoms. The highest BCUT2D eigenvalue weighted by molar-refractivity contribution is 5.76. The number of carbonyl (C=O) groups is 1. The van der Waals surface area contributed by atoms with Crippen LogP contribution in [0.1, 0.15) is 30.4 Å². The molecule has 1 N–H and O–H groups in total. The fourth-order valence-corrected chi connectivity index (χ4v) is 5.05. The first-order chi connectivity index (χ1) is 18.8. The van der Waals surface area contributed by atoms with Crippen molar-refractivity contribution in [2.24, 2.45) is 0 Å². The summed E-state index contributed by atoms with van der Waals surface area (Å²) in [4.78, 5) is 28.3. The molecule has 0 radical (unpaired) electrons. The third kappa shape index (κ3) is 7.34. The van der Waals surface area contributed by atoms with E-state index in [0.717, 1.165) is 24.3 Å². The highest BCUT2D eigenvalue weighted by atomic mass is 19.4. The molecule has 2 aromatic carbocycles. The number of nitro benzene ring substituents is 1. The van der Waals surface area contributed by atoms with Gasteiger partial charge in [-0.15, -0.1) is 0 Å². The monoisotopic (exact) mass is 573 g/mol. The predicted molar refractivity (Wildman–Crippen MR) is 136 cm³/mol. The van der Waals surface area contributed by atoms with Crippen molar-refractivity contribution in [1.82, 2.24) is 9.80 Å². The summed E-state index contributed by atoms with van der Waals surface area (Å²) in [7, 11) is 0. The van der Waals surface area contributed by atoms with Gasteiger partial charge in [0.25, 0.3) is 5.69 Å². The molecule has 2 fully saturated rings. The van der Waals surface area contributed by atoms with Crippen molar-refractivity contribution in [2.45, 2.75) is 37.7 Å². The highest BCUT2D eigenvalue weighted by Crippen LogP contribution is 2.38. The summed E-state index contributed by atoms with van der Waals surface area (Å²) >= 11 is 0. The van der Waals surface area contributed by atoms with Gasteiger partial charge < -0.3 is 20.0 Å². The minimum atomic E-state index is -4.85. The molecule has 2 heterocycles. The maximum Gasteiger partial charge on any atom is 0.423 e. The minimum absolute atomic E-state index is 0.0329. The number of hydrogen-bond donors (Lipinski definition) is 1. The van der Waals surface area contributed by atoms with E-state index in [4.69, 9.17) is 0 Å². The summed E-state index contributed by atoms with van der Waals surface area (Å²) in [5, 5.41) is 14.0. The normalized spacial score (nSPS) is 17.6. The zero-order valence-electron chi connectivity index (χ0n) is 21.5. The van der Waals surface area contributed by atoms with Crippen molar-refractivity contribution in [3.8, 4) is 0 Å². The molecule has 0 bridgehead atoms. The fourth-order valence-electron chi connectivity index (χ4n) is 5.05. The molecule has 2 aliphatic rings. The summed E-state index contributed by atoms with van der Waals surface area (Å²) in [5.74, 6) is -0.0329. The highest BCUT2D eigenvalue weighted by Gasteiger charge is 2.38. The number of likely N-dealkylation sites (tertiary alicyclic amines) is 1. The zero-order valence-corrected chi connectivity index (χ0v) is 21.5. The van der Waals surface area contributed by atoms with Crippen LogP contribution in [0.3, 0.4) is 0 Å². The number of rotatable bonds is 7. The number of piperazine rings is 1. The van der Waals surface area contributed by atoms with Gasteiger partial charge in [-0.1, -0.05) is 6.07 Å². The van der Waals surface area contributed by atoms with Crippen LogP contribution in [0.25, 0.3) is 0 Å². The van der Waals surface area contributed by atoms with E-state index in [9.17, 15) is 41.3 Å². The van der Waals surface area contributed by atoms with E-state index >= 15 is 0 Å². The van der Waals surface area contributed by atoms with Gasteiger partial charge >= 0.3 is 12.4 Å². The van der Waals surface area contributed by atoms with E-state index < -0.39 is 34.1 Å². The molecule has 4 rings (SSSR count). The smallest absolute Gasteiger partial charge is 0.382 e. The second-order valence-corrected chi connectivity index (χ2v) is 9.91. The van der Waals surface area contributed by atoms with Crippen molar-refractivity contribution >= 4 is 23.0 Å². The van der Waals surface area contributed by atoms with E-state index in [1.54, 1.807) is 11.0 Å². The molecule has 0 aromatic heterocycles. The van der Waals surface area contributed by atoms with Crippen LogP contribution >= 0.6 is 0 Å². The van der Waals surface area contributed by atoms with Gasteiger partial charge in [0, 0.05) is 75.7 Å². The van der Waals surface area contributed by atoms with E-state index in [-0.39, 0.29) is 17.6 Å². The van der Waals surface area contributed by atoms with Crippen molar-refractivity contribution in [1.29, 1.82) is 0 Å². The number of alkyl halides is 6. The van der Waals surface area contributed by atoms with Gasteiger partial charge in [0.05, 0.1) is 10.5 Å². The molecule has 2 aliphatic heterocycles. The molecule has 0 spiro atoms. The Hall–Kier alpha value is -3.55. The first-order valence-corrected chi connectivity index (χ1v) is 12.9. The van der Waals surface area contributed by atoms with Gasteiger partial charge in [0.15, 0.2) is 0 Å². The topological polar surface area (TPSA) is 82.0 Å². The first kappa shape index (κ1) is 29.4. The van der Waals surface area contributed by atoms with Crippen LogP contribution in [0, 0.1) is 10.1 Å². The summed E-state index contributed by atoms with van der Waals surface area (Å²) in [6, 6.07) is 7.92. The Morgan fingerprint density at radius 2 is 1.60 bits per heavy atom. The molecule has 0 aliphatic carbocycles.